The lowest BCUT2D eigenvalue weighted by molar-refractivity contribution is -0.137. The summed E-state index contributed by atoms with van der Waals surface area (Å²) in [6.07, 6.45) is 5.22. The van der Waals surface area contributed by atoms with Gasteiger partial charge in [0.25, 0.3) is 5.91 Å². The first-order valence-electron chi connectivity index (χ1n) is 8.90. The molecule has 1 aliphatic rings. The zero-order valence-corrected chi connectivity index (χ0v) is 15.8. The van der Waals surface area contributed by atoms with E-state index in [0.29, 0.717) is 6.42 Å². The fraction of sp³-hybridized carbons (Fsp3) is 0.556. The van der Waals surface area contributed by atoms with Crippen LogP contribution in [-0.2, 0) is 14.8 Å². The second-order valence-electron chi connectivity index (χ2n) is 6.59. The van der Waals surface area contributed by atoms with Crippen LogP contribution in [-0.4, -0.2) is 49.3 Å². The summed E-state index contributed by atoms with van der Waals surface area (Å²) >= 11 is 0. The molecule has 0 saturated heterocycles. The van der Waals surface area contributed by atoms with E-state index in [4.69, 9.17) is 5.11 Å². The van der Waals surface area contributed by atoms with Gasteiger partial charge < -0.3 is 10.4 Å². The maximum atomic E-state index is 12.9. The van der Waals surface area contributed by atoms with Gasteiger partial charge in [0.05, 0.1) is 4.90 Å². The molecule has 1 saturated carbocycles. The maximum absolute atomic E-state index is 12.9. The molecule has 0 aliphatic heterocycles. The van der Waals surface area contributed by atoms with Crippen molar-refractivity contribution < 1.29 is 23.1 Å². The number of rotatable bonds is 8. The minimum Gasteiger partial charge on any atom is -0.481 e. The van der Waals surface area contributed by atoms with Gasteiger partial charge in [0.2, 0.25) is 10.0 Å². The topological polar surface area (TPSA) is 104 Å². The Morgan fingerprint density at radius 2 is 1.92 bits per heavy atom. The highest BCUT2D eigenvalue weighted by Crippen LogP contribution is 2.26. The van der Waals surface area contributed by atoms with Crippen LogP contribution in [0.3, 0.4) is 0 Å². The summed E-state index contributed by atoms with van der Waals surface area (Å²) < 4.78 is 27.2. The van der Waals surface area contributed by atoms with E-state index in [-0.39, 0.29) is 29.5 Å². The molecule has 0 radical (unpaired) electrons. The van der Waals surface area contributed by atoms with Crippen LogP contribution < -0.4 is 5.32 Å². The van der Waals surface area contributed by atoms with Crippen LogP contribution in [0.2, 0.25) is 0 Å². The maximum Gasteiger partial charge on any atom is 0.303 e. The Hall–Kier alpha value is -1.93. The van der Waals surface area contributed by atoms with Crippen LogP contribution in [0.4, 0.5) is 0 Å². The van der Waals surface area contributed by atoms with E-state index in [9.17, 15) is 18.0 Å². The normalized spacial score (nSPS) is 15.8. The summed E-state index contributed by atoms with van der Waals surface area (Å²) in [5.74, 6) is -1.33. The molecule has 0 spiro atoms. The van der Waals surface area contributed by atoms with Crippen molar-refractivity contribution in [2.45, 2.75) is 55.9 Å². The van der Waals surface area contributed by atoms with Gasteiger partial charge in [-0.3, -0.25) is 9.59 Å². The van der Waals surface area contributed by atoms with Crippen LogP contribution in [0.25, 0.3) is 0 Å². The molecule has 1 aromatic rings. The molecule has 1 fully saturated rings. The number of aliphatic carboxylic acids is 1. The Labute approximate surface area is 154 Å². The van der Waals surface area contributed by atoms with Gasteiger partial charge in [0, 0.05) is 31.6 Å². The molecule has 7 nitrogen and oxygen atoms in total. The number of nitrogens with zero attached hydrogens (tertiary/aromatic N) is 1. The zero-order valence-electron chi connectivity index (χ0n) is 15.0. The lowest BCUT2D eigenvalue weighted by Gasteiger charge is -2.30. The van der Waals surface area contributed by atoms with Crippen molar-refractivity contribution in [2.24, 2.45) is 0 Å². The third-order valence-electron chi connectivity index (χ3n) is 4.72. The second kappa shape index (κ2) is 9.14. The largest absolute Gasteiger partial charge is 0.481 e. The molecule has 0 aromatic heterocycles. The molecule has 2 rings (SSSR count). The van der Waals surface area contributed by atoms with E-state index in [2.05, 4.69) is 5.32 Å². The molecule has 1 aromatic carbocycles. The Kier molecular flexibility index (Phi) is 7.16. The molecule has 0 bridgehead atoms. The van der Waals surface area contributed by atoms with E-state index >= 15 is 0 Å². The number of amides is 1. The van der Waals surface area contributed by atoms with E-state index in [1.807, 2.05) is 0 Å². The number of hydrogen-bond donors (Lipinski definition) is 2. The number of sulfonamides is 1. The van der Waals surface area contributed by atoms with Gasteiger partial charge in [-0.1, -0.05) is 25.3 Å². The molecule has 144 valence electrons. The van der Waals surface area contributed by atoms with Crippen molar-refractivity contribution in [3.05, 3.63) is 29.8 Å². The summed E-state index contributed by atoms with van der Waals surface area (Å²) in [6.45, 7) is 0.226. The lowest BCUT2D eigenvalue weighted by atomic mass is 9.96. The Balaban J connectivity index is 2.06. The second-order valence-corrected chi connectivity index (χ2v) is 8.59. The number of carbonyl (C=O) groups is 2. The van der Waals surface area contributed by atoms with Crippen molar-refractivity contribution >= 4 is 21.9 Å². The van der Waals surface area contributed by atoms with Crippen LogP contribution >= 0.6 is 0 Å². The fourth-order valence-corrected chi connectivity index (χ4v) is 4.61. The molecule has 1 amide bonds. The van der Waals surface area contributed by atoms with Gasteiger partial charge in [-0.2, -0.15) is 4.31 Å². The average Bonchev–Trinajstić information content (AvgIpc) is 2.65. The molecule has 0 heterocycles. The van der Waals surface area contributed by atoms with Gasteiger partial charge in [-0.15, -0.1) is 0 Å². The Bertz CT molecular complexity index is 742. The zero-order chi connectivity index (χ0) is 19.2. The number of carbonyl (C=O) groups excluding carboxylic acids is 1. The average molecular weight is 382 g/mol. The minimum absolute atomic E-state index is 0.00208. The summed E-state index contributed by atoms with van der Waals surface area (Å²) in [6, 6.07) is 5.97. The number of carboxylic acids is 1. The standard InChI is InChI=1S/C18H26N2O5S/c1-20(15-8-3-2-4-9-15)26(24,25)16-10-5-7-14(13-16)18(23)19-12-6-11-17(21)22/h5,7,10,13,15H,2-4,6,8-9,11-12H2,1H3,(H,19,23)(H,21,22). The van der Waals surface area contributed by atoms with Gasteiger partial charge in [0.1, 0.15) is 0 Å². The number of nitrogens with one attached hydrogen (secondary N) is 1. The predicted octanol–water partition coefficient (Wildman–Crippen LogP) is 2.23. The molecule has 26 heavy (non-hydrogen) atoms. The van der Waals surface area contributed by atoms with Crippen LogP contribution in [0, 0.1) is 0 Å². The first-order valence-corrected chi connectivity index (χ1v) is 10.3. The molecule has 8 heteroatoms. The summed E-state index contributed by atoms with van der Waals surface area (Å²) in [7, 11) is -2.05. The first kappa shape index (κ1) is 20.4. The van der Waals surface area contributed by atoms with Crippen molar-refractivity contribution in [2.75, 3.05) is 13.6 Å². The fourth-order valence-electron chi connectivity index (χ4n) is 3.15. The van der Waals surface area contributed by atoms with Gasteiger partial charge in [0.15, 0.2) is 0 Å². The van der Waals surface area contributed by atoms with E-state index in [1.54, 1.807) is 19.2 Å². The number of hydrogen-bond acceptors (Lipinski definition) is 4. The van der Waals surface area contributed by atoms with Crippen LogP contribution in [0.15, 0.2) is 29.2 Å². The molecular formula is C18H26N2O5S. The van der Waals surface area contributed by atoms with Crippen LogP contribution in [0.1, 0.15) is 55.3 Å². The van der Waals surface area contributed by atoms with Gasteiger partial charge in [-0.25, -0.2) is 8.42 Å². The highest BCUT2D eigenvalue weighted by Gasteiger charge is 2.29. The summed E-state index contributed by atoms with van der Waals surface area (Å²) in [5.41, 5.74) is 0.249. The molecule has 0 unspecified atom stereocenters. The first-order chi connectivity index (χ1) is 12.3. The molecule has 1 aliphatic carbocycles. The van der Waals surface area contributed by atoms with Gasteiger partial charge >= 0.3 is 5.97 Å². The SMILES string of the molecule is CN(C1CCCCC1)S(=O)(=O)c1cccc(C(=O)NCCCC(=O)O)c1. The molecule has 2 N–H and O–H groups in total. The predicted molar refractivity (Wildman–Crippen MR) is 97.5 cm³/mol. The Morgan fingerprint density at radius 1 is 1.23 bits per heavy atom. The van der Waals surface area contributed by atoms with Crippen molar-refractivity contribution in [1.82, 2.24) is 9.62 Å². The van der Waals surface area contributed by atoms with E-state index < -0.39 is 21.9 Å². The Morgan fingerprint density at radius 3 is 2.58 bits per heavy atom. The third-order valence-corrected chi connectivity index (χ3v) is 6.62. The van der Waals surface area contributed by atoms with Crippen molar-refractivity contribution in [3.8, 4) is 0 Å². The van der Waals surface area contributed by atoms with E-state index in [0.717, 1.165) is 32.1 Å². The monoisotopic (exact) mass is 382 g/mol. The van der Waals surface area contributed by atoms with Crippen molar-refractivity contribution in [1.29, 1.82) is 0 Å². The quantitative estimate of drug-likeness (QED) is 0.671. The lowest BCUT2D eigenvalue weighted by Crippen LogP contribution is -2.38. The molecular weight excluding hydrogens is 356 g/mol. The highest BCUT2D eigenvalue weighted by molar-refractivity contribution is 7.89. The van der Waals surface area contributed by atoms with Crippen molar-refractivity contribution in [3.63, 3.8) is 0 Å². The van der Waals surface area contributed by atoms with E-state index in [1.165, 1.54) is 16.4 Å². The van der Waals surface area contributed by atoms with Crippen LogP contribution in [0.5, 0.6) is 0 Å². The highest BCUT2D eigenvalue weighted by atomic mass is 32.2. The molecule has 0 atom stereocenters. The smallest absolute Gasteiger partial charge is 0.303 e. The third kappa shape index (κ3) is 5.28. The summed E-state index contributed by atoms with van der Waals surface area (Å²) in [5, 5.41) is 11.2. The minimum atomic E-state index is -3.66. The summed E-state index contributed by atoms with van der Waals surface area (Å²) in [4.78, 5) is 22.8. The number of carboxylic acid groups (broad SMARTS) is 1. The van der Waals surface area contributed by atoms with Gasteiger partial charge in [-0.05, 0) is 37.5 Å². The number of benzene rings is 1.